The number of benzene rings is 2. The van der Waals surface area contributed by atoms with Gasteiger partial charge in [0, 0.05) is 30.8 Å². The van der Waals surface area contributed by atoms with Crippen LogP contribution in [-0.2, 0) is 16.1 Å². The molecule has 1 fully saturated rings. The van der Waals surface area contributed by atoms with Crippen LogP contribution in [0.2, 0.25) is 0 Å². The third kappa shape index (κ3) is 5.86. The summed E-state index contributed by atoms with van der Waals surface area (Å²) < 4.78 is 0. The molecule has 30 heavy (non-hydrogen) atoms. The van der Waals surface area contributed by atoms with E-state index in [9.17, 15) is 14.4 Å². The van der Waals surface area contributed by atoms with Gasteiger partial charge in [0.2, 0.25) is 11.8 Å². The molecule has 0 unspecified atom stereocenters. The summed E-state index contributed by atoms with van der Waals surface area (Å²) in [4.78, 5) is 38.8. The zero-order valence-electron chi connectivity index (χ0n) is 17.1. The molecule has 1 atom stereocenters. The van der Waals surface area contributed by atoms with Gasteiger partial charge in [-0.25, -0.2) is 0 Å². The third-order valence-corrected chi connectivity index (χ3v) is 5.70. The normalized spacial score (nSPS) is 14.4. The van der Waals surface area contributed by atoms with Crippen LogP contribution in [0.5, 0.6) is 0 Å². The molecule has 2 aromatic rings. The van der Waals surface area contributed by atoms with Crippen molar-refractivity contribution in [2.24, 2.45) is 0 Å². The highest BCUT2D eigenvalue weighted by atomic mass is 32.2. The summed E-state index contributed by atoms with van der Waals surface area (Å²) in [6, 6.07) is 16.0. The Balaban J connectivity index is 1.57. The van der Waals surface area contributed by atoms with Crippen molar-refractivity contribution in [2.75, 3.05) is 23.5 Å². The van der Waals surface area contributed by atoms with Gasteiger partial charge in [-0.1, -0.05) is 30.3 Å². The lowest BCUT2D eigenvalue weighted by atomic mass is 10.1. The molecule has 158 valence electrons. The smallest absolute Gasteiger partial charge is 0.251 e. The van der Waals surface area contributed by atoms with Crippen molar-refractivity contribution in [3.05, 3.63) is 65.7 Å². The highest BCUT2D eigenvalue weighted by molar-refractivity contribution is 7.98. The van der Waals surface area contributed by atoms with Gasteiger partial charge in [-0.2, -0.15) is 11.8 Å². The predicted molar refractivity (Wildman–Crippen MR) is 121 cm³/mol. The SMILES string of the molecule is CSCC[C@H](NC(=O)c1ccccc1)C(=O)NCc1ccc(N2CCCC2=O)cc1. The predicted octanol–water partition coefficient (Wildman–Crippen LogP) is 2.98. The van der Waals surface area contributed by atoms with E-state index >= 15 is 0 Å². The zero-order valence-corrected chi connectivity index (χ0v) is 17.9. The second-order valence-electron chi connectivity index (χ2n) is 7.21. The maximum atomic E-state index is 12.7. The van der Waals surface area contributed by atoms with Crippen LogP contribution >= 0.6 is 11.8 Å². The quantitative estimate of drug-likeness (QED) is 0.647. The highest BCUT2D eigenvalue weighted by Gasteiger charge is 2.22. The minimum atomic E-state index is -0.591. The van der Waals surface area contributed by atoms with Crippen LogP contribution in [0.1, 0.15) is 35.2 Å². The van der Waals surface area contributed by atoms with Gasteiger partial charge in [-0.3, -0.25) is 14.4 Å². The first-order valence-electron chi connectivity index (χ1n) is 10.1. The number of hydrogen-bond acceptors (Lipinski definition) is 4. The van der Waals surface area contributed by atoms with Crippen LogP contribution in [0.4, 0.5) is 5.69 Å². The van der Waals surface area contributed by atoms with E-state index in [1.54, 1.807) is 40.9 Å². The number of nitrogens with zero attached hydrogens (tertiary/aromatic N) is 1. The number of hydrogen-bond donors (Lipinski definition) is 2. The topological polar surface area (TPSA) is 78.5 Å². The molecule has 3 rings (SSSR count). The van der Waals surface area contributed by atoms with Gasteiger partial charge in [-0.05, 0) is 54.7 Å². The Labute approximate surface area is 181 Å². The summed E-state index contributed by atoms with van der Waals surface area (Å²) in [6.07, 6.45) is 4.02. The maximum absolute atomic E-state index is 12.7. The van der Waals surface area contributed by atoms with Crippen molar-refractivity contribution in [1.82, 2.24) is 10.6 Å². The standard InChI is InChI=1S/C23H27N3O3S/c1-30-15-13-20(25-22(28)18-6-3-2-4-7-18)23(29)24-16-17-9-11-19(12-10-17)26-14-5-8-21(26)27/h2-4,6-7,9-12,20H,5,8,13-16H2,1H3,(H,24,29)(H,25,28)/t20-/m0/s1. The van der Waals surface area contributed by atoms with Gasteiger partial charge >= 0.3 is 0 Å². The Kier molecular flexibility index (Phi) is 7.90. The lowest BCUT2D eigenvalue weighted by Gasteiger charge is -2.19. The molecule has 1 aliphatic heterocycles. The molecule has 6 nitrogen and oxygen atoms in total. The molecule has 0 saturated carbocycles. The summed E-state index contributed by atoms with van der Waals surface area (Å²) in [5.74, 6) is 0.469. The molecular weight excluding hydrogens is 398 g/mol. The van der Waals surface area contributed by atoms with E-state index in [1.165, 1.54) is 0 Å². The van der Waals surface area contributed by atoms with Gasteiger partial charge in [0.25, 0.3) is 5.91 Å². The van der Waals surface area contributed by atoms with Crippen LogP contribution < -0.4 is 15.5 Å². The van der Waals surface area contributed by atoms with Gasteiger partial charge in [0.05, 0.1) is 0 Å². The molecule has 0 aromatic heterocycles. The molecule has 2 N–H and O–H groups in total. The Morgan fingerprint density at radius 3 is 2.47 bits per heavy atom. The molecular formula is C23H27N3O3S. The van der Waals surface area contributed by atoms with Crippen molar-refractivity contribution in [1.29, 1.82) is 0 Å². The Hall–Kier alpha value is -2.80. The van der Waals surface area contributed by atoms with Gasteiger partial charge in [-0.15, -0.1) is 0 Å². The average molecular weight is 426 g/mol. The first kappa shape index (κ1) is 21.9. The molecule has 1 heterocycles. The molecule has 1 aliphatic rings. The highest BCUT2D eigenvalue weighted by Crippen LogP contribution is 2.21. The summed E-state index contributed by atoms with van der Waals surface area (Å²) in [7, 11) is 0. The first-order valence-corrected chi connectivity index (χ1v) is 11.5. The number of rotatable bonds is 9. The molecule has 3 amide bonds. The van der Waals surface area contributed by atoms with E-state index in [0.29, 0.717) is 24.9 Å². The maximum Gasteiger partial charge on any atom is 0.251 e. The zero-order chi connectivity index (χ0) is 21.3. The summed E-state index contributed by atoms with van der Waals surface area (Å²) in [6.45, 7) is 1.12. The van der Waals surface area contributed by atoms with Crippen LogP contribution in [0.25, 0.3) is 0 Å². The minimum absolute atomic E-state index is 0.154. The van der Waals surface area contributed by atoms with E-state index in [0.717, 1.165) is 30.0 Å². The second-order valence-corrected chi connectivity index (χ2v) is 8.19. The molecule has 0 bridgehead atoms. The van der Waals surface area contributed by atoms with E-state index in [1.807, 2.05) is 36.6 Å². The van der Waals surface area contributed by atoms with E-state index < -0.39 is 6.04 Å². The van der Waals surface area contributed by atoms with E-state index in [-0.39, 0.29) is 17.7 Å². The summed E-state index contributed by atoms with van der Waals surface area (Å²) in [5, 5.41) is 5.77. The monoisotopic (exact) mass is 425 g/mol. The number of thioether (sulfide) groups is 1. The van der Waals surface area contributed by atoms with Gasteiger partial charge in [0.15, 0.2) is 0 Å². The van der Waals surface area contributed by atoms with E-state index in [4.69, 9.17) is 0 Å². The molecule has 0 aliphatic carbocycles. The van der Waals surface area contributed by atoms with Gasteiger partial charge < -0.3 is 15.5 Å². The first-order chi connectivity index (χ1) is 14.6. The Morgan fingerprint density at radius 1 is 1.10 bits per heavy atom. The van der Waals surface area contributed by atoms with Crippen LogP contribution in [0.15, 0.2) is 54.6 Å². The molecule has 1 saturated heterocycles. The molecule has 2 aromatic carbocycles. The fourth-order valence-corrected chi connectivity index (χ4v) is 3.83. The lowest BCUT2D eigenvalue weighted by Crippen LogP contribution is -2.46. The fourth-order valence-electron chi connectivity index (χ4n) is 3.36. The van der Waals surface area contributed by atoms with Crippen molar-refractivity contribution < 1.29 is 14.4 Å². The van der Waals surface area contributed by atoms with Crippen LogP contribution in [0, 0.1) is 0 Å². The number of anilines is 1. The van der Waals surface area contributed by atoms with Gasteiger partial charge in [0.1, 0.15) is 6.04 Å². The number of carbonyl (C=O) groups excluding carboxylic acids is 3. The molecule has 7 heteroatoms. The second kappa shape index (κ2) is 10.8. The average Bonchev–Trinajstić information content (AvgIpc) is 3.21. The lowest BCUT2D eigenvalue weighted by molar-refractivity contribution is -0.123. The van der Waals surface area contributed by atoms with Crippen molar-refractivity contribution in [2.45, 2.75) is 31.8 Å². The van der Waals surface area contributed by atoms with Crippen LogP contribution in [0.3, 0.4) is 0 Å². The van der Waals surface area contributed by atoms with Crippen molar-refractivity contribution in [3.8, 4) is 0 Å². The van der Waals surface area contributed by atoms with Crippen molar-refractivity contribution >= 4 is 35.2 Å². The number of carbonyl (C=O) groups is 3. The minimum Gasteiger partial charge on any atom is -0.350 e. The molecule has 0 radical (unpaired) electrons. The third-order valence-electron chi connectivity index (χ3n) is 5.06. The van der Waals surface area contributed by atoms with Crippen LogP contribution in [-0.4, -0.2) is 42.3 Å². The Bertz CT molecular complexity index is 871. The molecule has 0 spiro atoms. The largest absolute Gasteiger partial charge is 0.350 e. The Morgan fingerprint density at radius 2 is 1.83 bits per heavy atom. The van der Waals surface area contributed by atoms with E-state index in [2.05, 4.69) is 10.6 Å². The summed E-state index contributed by atoms with van der Waals surface area (Å²) in [5.41, 5.74) is 2.36. The summed E-state index contributed by atoms with van der Waals surface area (Å²) >= 11 is 1.64. The van der Waals surface area contributed by atoms with Crippen molar-refractivity contribution in [3.63, 3.8) is 0 Å². The number of nitrogens with one attached hydrogen (secondary N) is 2. The number of amides is 3. The fraction of sp³-hybridized carbons (Fsp3) is 0.348.